The van der Waals surface area contributed by atoms with Gasteiger partial charge in [-0.15, -0.1) is 11.3 Å². The Morgan fingerprint density at radius 2 is 2.03 bits per heavy atom. The van der Waals surface area contributed by atoms with Crippen LogP contribution in [0.15, 0.2) is 30.6 Å². The molecule has 1 amide bonds. The number of rotatable bonds is 5. The van der Waals surface area contributed by atoms with Crippen molar-refractivity contribution in [3.63, 3.8) is 0 Å². The molecule has 5 rings (SSSR count). The minimum Gasteiger partial charge on any atom is -0.344 e. The lowest BCUT2D eigenvalue weighted by Gasteiger charge is -2.24. The van der Waals surface area contributed by atoms with Gasteiger partial charge in [0.25, 0.3) is 5.91 Å². The first-order valence-corrected chi connectivity index (χ1v) is 11.4. The van der Waals surface area contributed by atoms with E-state index in [-0.39, 0.29) is 17.6 Å². The number of nitrogens with one attached hydrogen (secondary N) is 1. The maximum atomic E-state index is 14.3. The zero-order chi connectivity index (χ0) is 21.4. The maximum absolute atomic E-state index is 14.3. The van der Waals surface area contributed by atoms with Gasteiger partial charge in [0.1, 0.15) is 21.4 Å². The van der Waals surface area contributed by atoms with E-state index in [4.69, 9.17) is 0 Å². The lowest BCUT2D eigenvalue weighted by Crippen LogP contribution is -2.30. The molecule has 1 aliphatic heterocycles. The fourth-order valence-corrected chi connectivity index (χ4v) is 5.28. The van der Waals surface area contributed by atoms with Gasteiger partial charge in [-0.25, -0.2) is 18.4 Å². The van der Waals surface area contributed by atoms with Crippen LogP contribution in [0, 0.1) is 11.6 Å². The number of carbonyl (C=O) groups excluding carboxylic acids is 1. The van der Waals surface area contributed by atoms with Gasteiger partial charge in [-0.1, -0.05) is 0 Å². The summed E-state index contributed by atoms with van der Waals surface area (Å²) in [6.45, 7) is 2.97. The molecule has 0 saturated carbocycles. The molecule has 1 atom stereocenters. The quantitative estimate of drug-likeness (QED) is 0.647. The van der Waals surface area contributed by atoms with E-state index in [1.165, 1.54) is 41.0 Å². The first-order chi connectivity index (χ1) is 15.1. The Labute approximate surface area is 182 Å². The molecule has 1 N–H and O–H groups in total. The molecule has 2 aliphatic rings. The summed E-state index contributed by atoms with van der Waals surface area (Å²) < 4.78 is 29.1. The van der Waals surface area contributed by atoms with Gasteiger partial charge in [-0.05, 0) is 57.3 Å². The molecule has 1 aliphatic carbocycles. The monoisotopic (exact) mass is 443 g/mol. The minimum absolute atomic E-state index is 0.149. The summed E-state index contributed by atoms with van der Waals surface area (Å²) in [4.78, 5) is 20.2. The lowest BCUT2D eigenvalue weighted by atomic mass is 9.93. The standard InChI is InChI=1S/C22H23F2N5OS/c23-14-6-7-19(16(24)10-14)29-18-5-3-4-17(15(18)11-26-29)27-22(30)20-12-25-21(31-20)13-28-8-1-2-9-28/h6-7,10-12,17H,1-5,8-9,13H2,(H,27,30). The van der Waals surface area contributed by atoms with Crippen molar-refractivity contribution < 1.29 is 13.6 Å². The Morgan fingerprint density at radius 1 is 1.19 bits per heavy atom. The molecule has 2 aromatic heterocycles. The van der Waals surface area contributed by atoms with Crippen LogP contribution in [0.2, 0.25) is 0 Å². The normalized spacial score (nSPS) is 18.8. The Hall–Kier alpha value is -2.65. The molecule has 31 heavy (non-hydrogen) atoms. The maximum Gasteiger partial charge on any atom is 0.263 e. The van der Waals surface area contributed by atoms with Crippen molar-refractivity contribution >= 4 is 17.2 Å². The van der Waals surface area contributed by atoms with Crippen molar-refractivity contribution in [2.24, 2.45) is 0 Å². The molecule has 0 radical (unpaired) electrons. The highest BCUT2D eigenvalue weighted by molar-refractivity contribution is 7.13. The van der Waals surface area contributed by atoms with E-state index in [9.17, 15) is 13.6 Å². The van der Waals surface area contributed by atoms with Crippen LogP contribution in [-0.4, -0.2) is 38.7 Å². The second-order valence-corrected chi connectivity index (χ2v) is 9.19. The highest BCUT2D eigenvalue weighted by atomic mass is 32.1. The SMILES string of the molecule is O=C(NC1CCCc2c1cnn2-c1ccc(F)cc1F)c1cnc(CN2CCCC2)s1. The highest BCUT2D eigenvalue weighted by Gasteiger charge is 2.28. The third-order valence-electron chi connectivity index (χ3n) is 5.96. The number of amides is 1. The van der Waals surface area contributed by atoms with Crippen LogP contribution < -0.4 is 5.32 Å². The van der Waals surface area contributed by atoms with Crippen LogP contribution in [0.3, 0.4) is 0 Å². The highest BCUT2D eigenvalue weighted by Crippen LogP contribution is 2.32. The predicted octanol–water partition coefficient (Wildman–Crippen LogP) is 4.01. The van der Waals surface area contributed by atoms with Gasteiger partial charge in [0.15, 0.2) is 5.82 Å². The number of aromatic nitrogens is 3. The molecular formula is C22H23F2N5OS. The number of hydrogen-bond donors (Lipinski definition) is 1. The van der Waals surface area contributed by atoms with Gasteiger partial charge in [0.2, 0.25) is 0 Å². The van der Waals surface area contributed by atoms with Crippen LogP contribution in [0.1, 0.15) is 57.7 Å². The summed E-state index contributed by atoms with van der Waals surface area (Å²) in [6, 6.07) is 3.27. The molecular weight excluding hydrogens is 420 g/mol. The van der Waals surface area contributed by atoms with Gasteiger partial charge in [-0.3, -0.25) is 9.69 Å². The average molecular weight is 444 g/mol. The van der Waals surface area contributed by atoms with E-state index in [0.29, 0.717) is 4.88 Å². The second kappa shape index (κ2) is 8.47. The van der Waals surface area contributed by atoms with Crippen molar-refractivity contribution in [1.82, 2.24) is 25.0 Å². The zero-order valence-electron chi connectivity index (χ0n) is 17.0. The number of fused-ring (bicyclic) bond motifs is 1. The van der Waals surface area contributed by atoms with Crippen molar-refractivity contribution in [3.05, 3.63) is 63.4 Å². The van der Waals surface area contributed by atoms with E-state index in [1.54, 1.807) is 12.4 Å². The average Bonchev–Trinajstić information content (AvgIpc) is 3.50. The molecule has 3 aromatic rings. The number of nitrogens with zero attached hydrogens (tertiary/aromatic N) is 4. The van der Waals surface area contributed by atoms with Crippen molar-refractivity contribution in [3.8, 4) is 5.69 Å². The summed E-state index contributed by atoms with van der Waals surface area (Å²) in [7, 11) is 0. The zero-order valence-corrected chi connectivity index (χ0v) is 17.8. The number of halogens is 2. The van der Waals surface area contributed by atoms with E-state index in [2.05, 4.69) is 20.3 Å². The molecule has 3 heterocycles. The Balaban J connectivity index is 1.32. The van der Waals surface area contributed by atoms with Crippen LogP contribution in [0.4, 0.5) is 8.78 Å². The largest absolute Gasteiger partial charge is 0.344 e. The van der Waals surface area contributed by atoms with Crippen molar-refractivity contribution in [2.45, 2.75) is 44.7 Å². The third kappa shape index (κ3) is 4.12. The number of thiazole rings is 1. The van der Waals surface area contributed by atoms with E-state index < -0.39 is 11.6 Å². The number of carbonyl (C=O) groups is 1. The first kappa shape index (κ1) is 20.3. The minimum atomic E-state index is -0.660. The molecule has 1 unspecified atom stereocenters. The van der Waals surface area contributed by atoms with Gasteiger partial charge in [-0.2, -0.15) is 5.10 Å². The summed E-state index contributed by atoms with van der Waals surface area (Å²) in [6.07, 6.45) is 8.11. The van der Waals surface area contributed by atoms with Gasteiger partial charge >= 0.3 is 0 Å². The summed E-state index contributed by atoms with van der Waals surface area (Å²) in [5, 5.41) is 8.39. The van der Waals surface area contributed by atoms with E-state index in [1.807, 2.05) is 0 Å². The van der Waals surface area contributed by atoms with Gasteiger partial charge < -0.3 is 5.32 Å². The Morgan fingerprint density at radius 3 is 2.84 bits per heavy atom. The van der Waals surface area contributed by atoms with Crippen LogP contribution in [0.5, 0.6) is 0 Å². The predicted molar refractivity (Wildman–Crippen MR) is 113 cm³/mol. The Kier molecular flexibility index (Phi) is 5.54. The molecule has 162 valence electrons. The number of hydrogen-bond acceptors (Lipinski definition) is 5. The molecule has 9 heteroatoms. The fraction of sp³-hybridized carbons (Fsp3) is 0.409. The summed E-state index contributed by atoms with van der Waals surface area (Å²) in [5.74, 6) is -1.43. The van der Waals surface area contributed by atoms with Crippen molar-refractivity contribution in [1.29, 1.82) is 0 Å². The number of benzene rings is 1. The van der Waals surface area contributed by atoms with Crippen LogP contribution in [0.25, 0.3) is 5.69 Å². The molecule has 1 fully saturated rings. The smallest absolute Gasteiger partial charge is 0.263 e. The second-order valence-electron chi connectivity index (χ2n) is 8.07. The van der Waals surface area contributed by atoms with Crippen LogP contribution >= 0.6 is 11.3 Å². The van der Waals surface area contributed by atoms with Crippen molar-refractivity contribution in [2.75, 3.05) is 13.1 Å². The van der Waals surface area contributed by atoms with E-state index >= 15 is 0 Å². The summed E-state index contributed by atoms with van der Waals surface area (Å²) >= 11 is 1.43. The fourth-order valence-electron chi connectivity index (χ4n) is 4.42. The van der Waals surface area contributed by atoms with E-state index in [0.717, 1.165) is 61.2 Å². The summed E-state index contributed by atoms with van der Waals surface area (Å²) in [5.41, 5.74) is 1.94. The topological polar surface area (TPSA) is 63.1 Å². The molecule has 1 saturated heterocycles. The van der Waals surface area contributed by atoms with Gasteiger partial charge in [0.05, 0.1) is 25.0 Å². The third-order valence-corrected chi connectivity index (χ3v) is 6.94. The molecule has 0 bridgehead atoms. The number of likely N-dealkylation sites (tertiary alicyclic amines) is 1. The first-order valence-electron chi connectivity index (χ1n) is 10.6. The van der Waals surface area contributed by atoms with Crippen LogP contribution in [-0.2, 0) is 13.0 Å². The van der Waals surface area contributed by atoms with Gasteiger partial charge in [0, 0.05) is 17.3 Å². The molecule has 0 spiro atoms. The Bertz CT molecular complexity index is 1110. The lowest BCUT2D eigenvalue weighted by molar-refractivity contribution is 0.0936. The molecule has 1 aromatic carbocycles. The molecule has 6 nitrogen and oxygen atoms in total.